The van der Waals surface area contributed by atoms with Crippen molar-refractivity contribution in [3.63, 3.8) is 0 Å². The van der Waals surface area contributed by atoms with Crippen molar-refractivity contribution in [1.82, 2.24) is 0 Å². The van der Waals surface area contributed by atoms with Crippen LogP contribution in [0, 0.1) is 5.41 Å². The first-order chi connectivity index (χ1) is 5.69. The van der Waals surface area contributed by atoms with Gasteiger partial charge in [-0.25, -0.2) is 0 Å². The van der Waals surface area contributed by atoms with E-state index >= 15 is 0 Å². The standard InChI is InChI=1S/C9H15F3O/c1-4-8(2,3)7(13)5-6-9(10,11)12/h4-6H2,1-3H3. The molecule has 0 aliphatic rings. The van der Waals surface area contributed by atoms with E-state index in [1.54, 1.807) is 20.8 Å². The summed E-state index contributed by atoms with van der Waals surface area (Å²) in [6.07, 6.45) is -5.05. The van der Waals surface area contributed by atoms with E-state index in [-0.39, 0.29) is 5.78 Å². The second kappa shape index (κ2) is 4.11. The van der Waals surface area contributed by atoms with Crippen molar-refractivity contribution >= 4 is 5.78 Å². The molecule has 0 saturated carbocycles. The summed E-state index contributed by atoms with van der Waals surface area (Å²) in [4.78, 5) is 11.2. The molecule has 0 unspecified atom stereocenters. The number of rotatable bonds is 4. The molecule has 0 aromatic heterocycles. The molecule has 78 valence electrons. The summed E-state index contributed by atoms with van der Waals surface area (Å²) in [5.41, 5.74) is -0.620. The third kappa shape index (κ3) is 4.90. The molecule has 0 atom stereocenters. The molecule has 0 fully saturated rings. The highest BCUT2D eigenvalue weighted by Gasteiger charge is 2.32. The summed E-state index contributed by atoms with van der Waals surface area (Å²) in [6, 6.07) is 0. The lowest BCUT2D eigenvalue weighted by molar-refractivity contribution is -0.146. The van der Waals surface area contributed by atoms with Gasteiger partial charge in [-0.15, -0.1) is 0 Å². The summed E-state index contributed by atoms with van der Waals surface area (Å²) in [7, 11) is 0. The minimum absolute atomic E-state index is 0.313. The molecule has 0 N–H and O–H groups in total. The van der Waals surface area contributed by atoms with Crippen LogP contribution in [0.25, 0.3) is 0 Å². The minimum atomic E-state index is -4.22. The van der Waals surface area contributed by atoms with Gasteiger partial charge in [0.1, 0.15) is 5.78 Å². The number of hydrogen-bond acceptors (Lipinski definition) is 1. The van der Waals surface area contributed by atoms with Gasteiger partial charge in [0.2, 0.25) is 0 Å². The van der Waals surface area contributed by atoms with Gasteiger partial charge in [0.25, 0.3) is 0 Å². The van der Waals surface area contributed by atoms with Crippen molar-refractivity contribution < 1.29 is 18.0 Å². The lowest BCUT2D eigenvalue weighted by Crippen LogP contribution is -2.24. The number of carbonyl (C=O) groups is 1. The Morgan fingerprint density at radius 3 is 2.00 bits per heavy atom. The molecule has 0 aromatic rings. The van der Waals surface area contributed by atoms with Crippen LogP contribution < -0.4 is 0 Å². The zero-order valence-electron chi connectivity index (χ0n) is 8.16. The molecule has 0 heterocycles. The van der Waals surface area contributed by atoms with Gasteiger partial charge in [-0.1, -0.05) is 20.8 Å². The predicted octanol–water partition coefficient (Wildman–Crippen LogP) is 3.33. The Balaban J connectivity index is 4.03. The van der Waals surface area contributed by atoms with Gasteiger partial charge in [-0.3, -0.25) is 4.79 Å². The van der Waals surface area contributed by atoms with Crippen LogP contribution >= 0.6 is 0 Å². The van der Waals surface area contributed by atoms with Crippen LogP contribution in [0.3, 0.4) is 0 Å². The molecule has 13 heavy (non-hydrogen) atoms. The molecular formula is C9H15F3O. The Hall–Kier alpha value is -0.540. The highest BCUT2D eigenvalue weighted by molar-refractivity contribution is 5.83. The van der Waals surface area contributed by atoms with Gasteiger partial charge in [0.15, 0.2) is 0 Å². The van der Waals surface area contributed by atoms with Crippen LogP contribution in [0.15, 0.2) is 0 Å². The molecule has 0 aliphatic carbocycles. The first-order valence-corrected chi connectivity index (χ1v) is 4.29. The largest absolute Gasteiger partial charge is 0.389 e. The maximum absolute atomic E-state index is 11.8. The molecular weight excluding hydrogens is 181 g/mol. The summed E-state index contributed by atoms with van der Waals surface area (Å²) in [5.74, 6) is -0.313. The van der Waals surface area contributed by atoms with Crippen LogP contribution in [0.1, 0.15) is 40.0 Å². The SMILES string of the molecule is CCC(C)(C)C(=O)CCC(F)(F)F. The zero-order valence-corrected chi connectivity index (χ0v) is 8.16. The van der Waals surface area contributed by atoms with E-state index in [1.165, 1.54) is 0 Å². The van der Waals surface area contributed by atoms with Crippen molar-refractivity contribution in [2.75, 3.05) is 0 Å². The quantitative estimate of drug-likeness (QED) is 0.674. The Morgan fingerprint density at radius 2 is 1.69 bits per heavy atom. The molecule has 4 heteroatoms. The van der Waals surface area contributed by atoms with Crippen molar-refractivity contribution in [2.24, 2.45) is 5.41 Å². The van der Waals surface area contributed by atoms with E-state index in [1.807, 2.05) is 0 Å². The molecule has 0 saturated heterocycles. The average Bonchev–Trinajstić information content (AvgIpc) is 1.98. The van der Waals surface area contributed by atoms with E-state index in [0.717, 1.165) is 0 Å². The van der Waals surface area contributed by atoms with Gasteiger partial charge < -0.3 is 0 Å². The number of Topliss-reactive ketones (excluding diaryl/α,β-unsaturated/α-hetero) is 1. The normalized spacial score (nSPS) is 13.1. The van der Waals surface area contributed by atoms with Crippen LogP contribution in [0.2, 0.25) is 0 Å². The Labute approximate surface area is 76.3 Å². The lowest BCUT2D eigenvalue weighted by atomic mass is 9.83. The molecule has 0 radical (unpaired) electrons. The molecule has 0 rings (SSSR count). The van der Waals surface area contributed by atoms with E-state index in [0.29, 0.717) is 6.42 Å². The molecule has 0 bridgehead atoms. The van der Waals surface area contributed by atoms with Crippen molar-refractivity contribution in [3.8, 4) is 0 Å². The van der Waals surface area contributed by atoms with Gasteiger partial charge in [0, 0.05) is 11.8 Å². The number of halogens is 3. The van der Waals surface area contributed by atoms with Crippen molar-refractivity contribution in [1.29, 1.82) is 0 Å². The fourth-order valence-electron chi connectivity index (χ4n) is 0.791. The fraction of sp³-hybridized carbons (Fsp3) is 0.889. The van der Waals surface area contributed by atoms with Gasteiger partial charge in [-0.05, 0) is 6.42 Å². The Morgan fingerprint density at radius 1 is 1.23 bits per heavy atom. The van der Waals surface area contributed by atoms with Crippen LogP contribution in [0.5, 0.6) is 0 Å². The number of carbonyl (C=O) groups excluding carboxylic acids is 1. The first kappa shape index (κ1) is 12.5. The second-order valence-electron chi connectivity index (χ2n) is 3.78. The maximum Gasteiger partial charge on any atom is 0.389 e. The van der Waals surface area contributed by atoms with Crippen LogP contribution in [-0.4, -0.2) is 12.0 Å². The van der Waals surface area contributed by atoms with E-state index < -0.39 is 24.4 Å². The van der Waals surface area contributed by atoms with Crippen molar-refractivity contribution in [2.45, 2.75) is 46.2 Å². The summed E-state index contributed by atoms with van der Waals surface area (Å²) in [6.45, 7) is 5.14. The van der Waals surface area contributed by atoms with Crippen molar-refractivity contribution in [3.05, 3.63) is 0 Å². The van der Waals surface area contributed by atoms with Gasteiger partial charge >= 0.3 is 6.18 Å². The maximum atomic E-state index is 11.8. The third-order valence-electron chi connectivity index (χ3n) is 2.27. The van der Waals surface area contributed by atoms with E-state index in [9.17, 15) is 18.0 Å². The molecule has 0 spiro atoms. The second-order valence-corrected chi connectivity index (χ2v) is 3.78. The van der Waals surface area contributed by atoms with Gasteiger partial charge in [0.05, 0.1) is 6.42 Å². The van der Waals surface area contributed by atoms with Gasteiger partial charge in [-0.2, -0.15) is 13.2 Å². The highest BCUT2D eigenvalue weighted by Crippen LogP contribution is 2.27. The average molecular weight is 196 g/mol. The fourth-order valence-corrected chi connectivity index (χ4v) is 0.791. The first-order valence-electron chi connectivity index (χ1n) is 4.29. The Kier molecular flexibility index (Phi) is 3.94. The molecule has 1 nitrogen and oxygen atoms in total. The number of ketones is 1. The van der Waals surface area contributed by atoms with Crippen LogP contribution in [0.4, 0.5) is 13.2 Å². The molecule has 0 amide bonds. The van der Waals surface area contributed by atoms with E-state index in [2.05, 4.69) is 0 Å². The minimum Gasteiger partial charge on any atom is -0.299 e. The molecule has 0 aliphatic heterocycles. The highest BCUT2D eigenvalue weighted by atomic mass is 19.4. The van der Waals surface area contributed by atoms with E-state index in [4.69, 9.17) is 0 Å². The third-order valence-corrected chi connectivity index (χ3v) is 2.27. The number of alkyl halides is 3. The zero-order chi connectivity index (χ0) is 10.7. The predicted molar refractivity (Wildman–Crippen MR) is 44.4 cm³/mol. The summed E-state index contributed by atoms with van der Waals surface area (Å²) in [5, 5.41) is 0. The smallest absolute Gasteiger partial charge is 0.299 e. The monoisotopic (exact) mass is 196 g/mol. The Bertz CT molecular complexity index is 182. The topological polar surface area (TPSA) is 17.1 Å². The van der Waals surface area contributed by atoms with Crippen LogP contribution in [-0.2, 0) is 4.79 Å². The number of hydrogen-bond donors (Lipinski definition) is 0. The summed E-state index contributed by atoms with van der Waals surface area (Å²) >= 11 is 0. The molecule has 0 aromatic carbocycles. The summed E-state index contributed by atoms with van der Waals surface area (Å²) < 4.78 is 35.3. The lowest BCUT2D eigenvalue weighted by Gasteiger charge is -2.20.